The molecule has 2 N–H and O–H groups in total. The smallest absolute Gasteiger partial charge is 0.475 e. The molecule has 2 aromatic rings. The molecule has 0 spiro atoms. The number of aryl methyl sites for hydroxylation is 1. The summed E-state index contributed by atoms with van der Waals surface area (Å²) in [6.07, 6.45) is -5.43. The number of alkyl halides is 6. The second kappa shape index (κ2) is 13.3. The minimum Gasteiger partial charge on any atom is -0.475 e. The Kier molecular flexibility index (Phi) is 11.4. The van der Waals surface area contributed by atoms with Gasteiger partial charge >= 0.3 is 24.3 Å². The number of carboxylic acids is 2. The van der Waals surface area contributed by atoms with Gasteiger partial charge in [-0.2, -0.15) is 26.3 Å². The van der Waals surface area contributed by atoms with E-state index in [2.05, 4.69) is 45.6 Å². The van der Waals surface area contributed by atoms with Crippen LogP contribution in [0.15, 0.2) is 36.5 Å². The first kappa shape index (κ1) is 30.1. The predicted molar refractivity (Wildman–Crippen MR) is 113 cm³/mol. The lowest BCUT2D eigenvalue weighted by atomic mass is 10.0. The molecule has 3 rings (SSSR count). The van der Waals surface area contributed by atoms with Crippen LogP contribution in [0.2, 0.25) is 0 Å². The number of halogens is 6. The fraction of sp³-hybridized carbons (Fsp3) is 0.450. The van der Waals surface area contributed by atoms with Gasteiger partial charge in [-0.3, -0.25) is 4.90 Å². The van der Waals surface area contributed by atoms with Crippen molar-refractivity contribution in [1.29, 1.82) is 0 Å². The zero-order valence-corrected chi connectivity index (χ0v) is 19.2. The molecule has 0 bridgehead atoms. The standard InChI is InChI=1S/C16H21N3OS.2C2HF3O2/c1-3-8-20-11-15-16-14(17-12-18(16)2)6-7-19(15)10-13-5-4-9-21-13;2*3-2(4,5)1(6)7/h3-5,9,12,15H,1,6-8,10-11H2,2H3;2*(H,6,7). The average molecular weight is 531 g/mol. The van der Waals surface area contributed by atoms with E-state index in [4.69, 9.17) is 24.5 Å². The van der Waals surface area contributed by atoms with Crippen molar-refractivity contribution < 1.29 is 50.9 Å². The van der Waals surface area contributed by atoms with E-state index < -0.39 is 24.3 Å². The first-order chi connectivity index (χ1) is 16.2. The predicted octanol–water partition coefficient (Wildman–Crippen LogP) is 4.05. The Hall–Kier alpha value is -2.91. The van der Waals surface area contributed by atoms with E-state index in [-0.39, 0.29) is 6.04 Å². The number of aromatic nitrogens is 2. The molecule has 3 heterocycles. The third-order valence-corrected chi connectivity index (χ3v) is 5.25. The number of aliphatic carboxylic acids is 2. The van der Waals surface area contributed by atoms with Gasteiger partial charge in [0.2, 0.25) is 0 Å². The van der Waals surface area contributed by atoms with Crippen molar-refractivity contribution in [3.63, 3.8) is 0 Å². The Balaban J connectivity index is 0.000000362. The van der Waals surface area contributed by atoms with E-state index in [1.165, 1.54) is 16.3 Å². The van der Waals surface area contributed by atoms with E-state index in [1.54, 1.807) is 6.08 Å². The van der Waals surface area contributed by atoms with Gasteiger partial charge < -0.3 is 19.5 Å². The van der Waals surface area contributed by atoms with Crippen LogP contribution in [0.5, 0.6) is 0 Å². The highest BCUT2D eigenvalue weighted by atomic mass is 32.1. The van der Waals surface area contributed by atoms with Gasteiger partial charge in [0.25, 0.3) is 0 Å². The van der Waals surface area contributed by atoms with Gasteiger partial charge in [0.15, 0.2) is 0 Å². The minimum absolute atomic E-state index is 0.267. The number of carboxylic acid groups (broad SMARTS) is 2. The summed E-state index contributed by atoms with van der Waals surface area (Å²) in [5.41, 5.74) is 2.51. The molecule has 0 aliphatic carbocycles. The largest absolute Gasteiger partial charge is 0.490 e. The van der Waals surface area contributed by atoms with E-state index in [0.29, 0.717) is 13.2 Å². The van der Waals surface area contributed by atoms with Gasteiger partial charge in [0, 0.05) is 31.4 Å². The molecule has 1 unspecified atom stereocenters. The van der Waals surface area contributed by atoms with E-state index >= 15 is 0 Å². The SMILES string of the molecule is C=CCOCC1c2c(ncn2C)CCN1Cc1cccs1.O=C(O)C(F)(F)F.O=C(O)C(F)(F)F. The van der Waals surface area contributed by atoms with Gasteiger partial charge in [-0.1, -0.05) is 12.1 Å². The highest BCUT2D eigenvalue weighted by Gasteiger charge is 2.39. The van der Waals surface area contributed by atoms with Crippen LogP contribution in [0.1, 0.15) is 22.3 Å². The highest BCUT2D eigenvalue weighted by Crippen LogP contribution is 2.31. The summed E-state index contributed by atoms with van der Waals surface area (Å²) < 4.78 is 71.4. The molecule has 0 saturated carbocycles. The molecular formula is C20H23F6N3O5S. The number of thiophene rings is 1. The maximum Gasteiger partial charge on any atom is 0.490 e. The topological polar surface area (TPSA) is 105 Å². The lowest BCUT2D eigenvalue weighted by molar-refractivity contribution is -0.193. The van der Waals surface area contributed by atoms with Crippen LogP contribution in [-0.2, 0) is 34.3 Å². The lowest BCUT2D eigenvalue weighted by Gasteiger charge is -2.35. The van der Waals surface area contributed by atoms with Crippen molar-refractivity contribution in [2.24, 2.45) is 7.05 Å². The third kappa shape index (κ3) is 10.1. The van der Waals surface area contributed by atoms with Crippen LogP contribution < -0.4 is 0 Å². The summed E-state index contributed by atoms with van der Waals surface area (Å²) in [5, 5.41) is 16.4. The molecule has 0 amide bonds. The number of carbonyl (C=O) groups is 2. The Morgan fingerprint density at radius 2 is 1.80 bits per heavy atom. The normalized spacial score (nSPS) is 15.7. The minimum atomic E-state index is -5.08. The summed E-state index contributed by atoms with van der Waals surface area (Å²) in [5.74, 6) is -5.51. The summed E-state index contributed by atoms with van der Waals surface area (Å²) in [7, 11) is 2.07. The van der Waals surface area contributed by atoms with Crippen LogP contribution in [0, 0.1) is 0 Å². The fourth-order valence-corrected chi connectivity index (χ4v) is 3.66. The van der Waals surface area contributed by atoms with E-state index in [1.807, 2.05) is 17.7 Å². The van der Waals surface area contributed by atoms with Crippen molar-refractivity contribution in [3.8, 4) is 0 Å². The third-order valence-electron chi connectivity index (χ3n) is 4.39. The Morgan fingerprint density at radius 1 is 1.23 bits per heavy atom. The summed E-state index contributed by atoms with van der Waals surface area (Å²) in [6.45, 7) is 7.01. The number of ether oxygens (including phenoxy) is 1. The molecule has 1 atom stereocenters. The monoisotopic (exact) mass is 531 g/mol. The average Bonchev–Trinajstić information content (AvgIpc) is 3.39. The lowest BCUT2D eigenvalue weighted by Crippen LogP contribution is -2.38. The second-order valence-electron chi connectivity index (χ2n) is 6.94. The molecule has 8 nitrogen and oxygen atoms in total. The van der Waals surface area contributed by atoms with Gasteiger partial charge in [-0.05, 0) is 11.4 Å². The maximum atomic E-state index is 10.6. The number of hydrogen-bond donors (Lipinski definition) is 2. The van der Waals surface area contributed by atoms with Crippen LogP contribution >= 0.6 is 11.3 Å². The van der Waals surface area contributed by atoms with Crippen LogP contribution in [-0.4, -0.2) is 68.7 Å². The highest BCUT2D eigenvalue weighted by molar-refractivity contribution is 7.09. The van der Waals surface area contributed by atoms with Crippen molar-refractivity contribution in [2.45, 2.75) is 31.4 Å². The molecule has 0 aromatic carbocycles. The van der Waals surface area contributed by atoms with Crippen molar-refractivity contribution in [2.75, 3.05) is 19.8 Å². The second-order valence-corrected chi connectivity index (χ2v) is 7.97. The molecule has 2 aromatic heterocycles. The van der Waals surface area contributed by atoms with E-state index in [9.17, 15) is 26.3 Å². The number of fused-ring (bicyclic) bond motifs is 1. The first-order valence-electron chi connectivity index (χ1n) is 9.73. The number of nitrogens with zero attached hydrogens (tertiary/aromatic N) is 3. The Morgan fingerprint density at radius 3 is 2.26 bits per heavy atom. The summed E-state index contributed by atoms with van der Waals surface area (Å²) in [6, 6.07) is 4.58. The molecule has 35 heavy (non-hydrogen) atoms. The van der Waals surface area contributed by atoms with Crippen molar-refractivity contribution in [3.05, 3.63) is 52.8 Å². The van der Waals surface area contributed by atoms with Crippen molar-refractivity contribution in [1.82, 2.24) is 14.5 Å². The number of rotatable bonds is 6. The quantitative estimate of drug-likeness (QED) is 0.329. The molecule has 15 heteroatoms. The molecule has 196 valence electrons. The van der Waals surface area contributed by atoms with Crippen LogP contribution in [0.3, 0.4) is 0 Å². The zero-order valence-electron chi connectivity index (χ0n) is 18.3. The van der Waals surface area contributed by atoms with Crippen LogP contribution in [0.4, 0.5) is 26.3 Å². The van der Waals surface area contributed by atoms with Gasteiger partial charge in [-0.25, -0.2) is 14.6 Å². The van der Waals surface area contributed by atoms with Gasteiger partial charge in [0.1, 0.15) is 0 Å². The number of imidazole rings is 1. The molecule has 1 aliphatic rings. The fourth-order valence-electron chi connectivity index (χ4n) is 2.93. The van der Waals surface area contributed by atoms with Crippen LogP contribution in [0.25, 0.3) is 0 Å². The number of hydrogen-bond acceptors (Lipinski definition) is 6. The van der Waals surface area contributed by atoms with E-state index in [0.717, 1.165) is 19.5 Å². The maximum absolute atomic E-state index is 10.6. The van der Waals surface area contributed by atoms with Gasteiger partial charge in [-0.15, -0.1) is 17.9 Å². The molecule has 0 fully saturated rings. The first-order valence-corrected chi connectivity index (χ1v) is 10.6. The molecule has 0 radical (unpaired) electrons. The Bertz CT molecular complexity index is 936. The molecule has 0 saturated heterocycles. The zero-order chi connectivity index (χ0) is 26.8. The molecule has 1 aliphatic heterocycles. The molecular weight excluding hydrogens is 508 g/mol. The van der Waals surface area contributed by atoms with Gasteiger partial charge in [0.05, 0.1) is 37.0 Å². The summed E-state index contributed by atoms with van der Waals surface area (Å²) in [4.78, 5) is 26.2. The van der Waals surface area contributed by atoms with Crippen molar-refractivity contribution >= 4 is 23.3 Å². The summed E-state index contributed by atoms with van der Waals surface area (Å²) >= 11 is 1.81. The Labute approximate surface area is 200 Å².